The average molecular weight is 273 g/mol. The lowest BCUT2D eigenvalue weighted by Crippen LogP contribution is -2.07. The highest BCUT2D eigenvalue weighted by atomic mass is 32.1. The summed E-state index contributed by atoms with van der Waals surface area (Å²) in [4.78, 5) is 17.3. The van der Waals surface area contributed by atoms with Crippen molar-refractivity contribution in [2.75, 3.05) is 7.11 Å². The van der Waals surface area contributed by atoms with Gasteiger partial charge >= 0.3 is 0 Å². The number of aryl methyl sites for hydroxylation is 2. The summed E-state index contributed by atoms with van der Waals surface area (Å²) < 4.78 is 5.42. The fourth-order valence-electron chi connectivity index (χ4n) is 2.36. The van der Waals surface area contributed by atoms with Crippen LogP contribution in [0, 0.1) is 6.92 Å². The molecule has 2 aromatic rings. The molecule has 0 saturated heterocycles. The first-order valence-corrected chi connectivity index (χ1v) is 7.18. The Morgan fingerprint density at radius 1 is 1.32 bits per heavy atom. The molecule has 3 rings (SSSR count). The highest BCUT2D eigenvalue weighted by Gasteiger charge is 2.23. The van der Waals surface area contributed by atoms with Gasteiger partial charge in [-0.2, -0.15) is 0 Å². The molecule has 0 radical (unpaired) electrons. The molecule has 0 bridgehead atoms. The van der Waals surface area contributed by atoms with Crippen molar-refractivity contribution in [2.45, 2.75) is 26.2 Å². The molecule has 1 aromatic heterocycles. The Hall–Kier alpha value is -1.68. The number of hydrogen-bond acceptors (Lipinski definition) is 4. The van der Waals surface area contributed by atoms with Gasteiger partial charge in [0.25, 0.3) is 0 Å². The molecule has 0 atom stereocenters. The zero-order chi connectivity index (χ0) is 13.4. The summed E-state index contributed by atoms with van der Waals surface area (Å²) >= 11 is 1.49. The second-order valence-corrected chi connectivity index (χ2v) is 5.77. The molecule has 0 unspecified atom stereocenters. The number of ketones is 1. The molecule has 0 saturated carbocycles. The van der Waals surface area contributed by atoms with Crippen LogP contribution in [-0.2, 0) is 6.42 Å². The summed E-state index contributed by atoms with van der Waals surface area (Å²) in [6, 6.07) is 6.06. The Bertz CT molecular complexity index is 646. The minimum atomic E-state index is 0.232. The van der Waals surface area contributed by atoms with Crippen LogP contribution < -0.4 is 4.74 Å². The number of hydrogen-bond donors (Lipinski definition) is 0. The van der Waals surface area contributed by atoms with Crippen LogP contribution in [0.1, 0.15) is 33.8 Å². The predicted molar refractivity (Wildman–Crippen MR) is 76.1 cm³/mol. The number of thiazole rings is 1. The topological polar surface area (TPSA) is 39.2 Å². The second kappa shape index (κ2) is 4.78. The smallest absolute Gasteiger partial charge is 0.174 e. The molecule has 19 heavy (non-hydrogen) atoms. The third-order valence-corrected chi connectivity index (χ3v) is 4.53. The first-order chi connectivity index (χ1) is 9.19. The standard InChI is InChI=1S/C15H15NO2S/c1-9-6-7-10(13(8-9)18-2)15-16-11-4-3-5-12(17)14(11)19-15/h6-8H,3-5H2,1-2H3. The van der Waals surface area contributed by atoms with Gasteiger partial charge in [-0.05, 0) is 37.5 Å². The maximum atomic E-state index is 11.9. The minimum absolute atomic E-state index is 0.232. The molecule has 0 N–H and O–H groups in total. The molecule has 0 amide bonds. The van der Waals surface area contributed by atoms with E-state index in [9.17, 15) is 4.79 Å². The molecule has 3 nitrogen and oxygen atoms in total. The molecule has 0 fully saturated rings. The highest BCUT2D eigenvalue weighted by molar-refractivity contribution is 7.17. The lowest BCUT2D eigenvalue weighted by atomic mass is 10.0. The van der Waals surface area contributed by atoms with Crippen LogP contribution >= 0.6 is 11.3 Å². The summed E-state index contributed by atoms with van der Waals surface area (Å²) in [5.74, 6) is 1.05. The van der Waals surface area contributed by atoms with Crippen molar-refractivity contribution in [3.63, 3.8) is 0 Å². The number of rotatable bonds is 2. The highest BCUT2D eigenvalue weighted by Crippen LogP contribution is 2.37. The lowest BCUT2D eigenvalue weighted by Gasteiger charge is -2.06. The maximum Gasteiger partial charge on any atom is 0.174 e. The lowest BCUT2D eigenvalue weighted by molar-refractivity contribution is 0.0976. The van der Waals surface area contributed by atoms with E-state index in [0.717, 1.165) is 45.3 Å². The van der Waals surface area contributed by atoms with Gasteiger partial charge in [-0.15, -0.1) is 11.3 Å². The van der Waals surface area contributed by atoms with Crippen LogP contribution in [-0.4, -0.2) is 17.9 Å². The first kappa shape index (κ1) is 12.4. The molecule has 1 aliphatic carbocycles. The number of ether oxygens (including phenoxy) is 1. The molecule has 1 aliphatic rings. The van der Waals surface area contributed by atoms with Gasteiger partial charge in [0, 0.05) is 6.42 Å². The van der Waals surface area contributed by atoms with E-state index in [1.807, 2.05) is 25.1 Å². The van der Waals surface area contributed by atoms with E-state index < -0.39 is 0 Å². The number of Topliss-reactive ketones (excluding diaryl/α,β-unsaturated/α-hetero) is 1. The van der Waals surface area contributed by atoms with Crippen LogP contribution in [0.15, 0.2) is 18.2 Å². The van der Waals surface area contributed by atoms with E-state index in [-0.39, 0.29) is 5.78 Å². The van der Waals surface area contributed by atoms with Gasteiger partial charge in [0.2, 0.25) is 0 Å². The summed E-state index contributed by atoms with van der Waals surface area (Å²) in [7, 11) is 1.66. The van der Waals surface area contributed by atoms with Crippen molar-refractivity contribution in [1.82, 2.24) is 4.98 Å². The number of aromatic nitrogens is 1. The number of carbonyl (C=O) groups excluding carboxylic acids is 1. The number of methoxy groups -OCH3 is 1. The number of benzene rings is 1. The van der Waals surface area contributed by atoms with Crippen molar-refractivity contribution < 1.29 is 9.53 Å². The Morgan fingerprint density at radius 2 is 2.16 bits per heavy atom. The van der Waals surface area contributed by atoms with Gasteiger partial charge in [-0.3, -0.25) is 4.79 Å². The van der Waals surface area contributed by atoms with Crippen LogP contribution in [0.4, 0.5) is 0 Å². The van der Waals surface area contributed by atoms with E-state index in [1.165, 1.54) is 11.3 Å². The fourth-order valence-corrected chi connectivity index (χ4v) is 3.47. The predicted octanol–water partition coefficient (Wildman–Crippen LogP) is 3.65. The minimum Gasteiger partial charge on any atom is -0.496 e. The van der Waals surface area contributed by atoms with E-state index in [4.69, 9.17) is 4.74 Å². The Balaban J connectivity index is 2.10. The third-order valence-electron chi connectivity index (χ3n) is 3.36. The number of fused-ring (bicyclic) bond motifs is 1. The van der Waals surface area contributed by atoms with Crippen LogP contribution in [0.25, 0.3) is 10.6 Å². The monoisotopic (exact) mass is 273 g/mol. The van der Waals surface area contributed by atoms with Crippen molar-refractivity contribution in [3.05, 3.63) is 34.3 Å². The molecule has 1 aromatic carbocycles. The van der Waals surface area contributed by atoms with Gasteiger partial charge in [0.1, 0.15) is 10.8 Å². The zero-order valence-corrected chi connectivity index (χ0v) is 11.8. The summed E-state index contributed by atoms with van der Waals surface area (Å²) in [6.45, 7) is 2.03. The van der Waals surface area contributed by atoms with Crippen LogP contribution in [0.5, 0.6) is 5.75 Å². The molecule has 98 valence electrons. The van der Waals surface area contributed by atoms with E-state index in [0.29, 0.717) is 6.42 Å². The Kier molecular flexibility index (Phi) is 3.11. The van der Waals surface area contributed by atoms with Gasteiger partial charge in [-0.1, -0.05) is 6.07 Å². The first-order valence-electron chi connectivity index (χ1n) is 6.37. The molecule has 1 heterocycles. The van der Waals surface area contributed by atoms with E-state index >= 15 is 0 Å². The van der Waals surface area contributed by atoms with Crippen molar-refractivity contribution in [2.24, 2.45) is 0 Å². The summed E-state index contributed by atoms with van der Waals surface area (Å²) in [6.07, 6.45) is 2.48. The molecular formula is C15H15NO2S. The number of carbonyl (C=O) groups is 1. The van der Waals surface area contributed by atoms with E-state index in [1.54, 1.807) is 7.11 Å². The van der Waals surface area contributed by atoms with Crippen molar-refractivity contribution in [3.8, 4) is 16.3 Å². The van der Waals surface area contributed by atoms with Crippen LogP contribution in [0.2, 0.25) is 0 Å². The summed E-state index contributed by atoms with van der Waals surface area (Å²) in [5, 5.41) is 0.886. The van der Waals surface area contributed by atoms with Gasteiger partial charge in [-0.25, -0.2) is 4.98 Å². The van der Waals surface area contributed by atoms with Gasteiger partial charge < -0.3 is 4.74 Å². The normalized spacial score (nSPS) is 14.3. The molecule has 4 heteroatoms. The maximum absolute atomic E-state index is 11.9. The molecular weight excluding hydrogens is 258 g/mol. The van der Waals surface area contributed by atoms with Crippen LogP contribution in [0.3, 0.4) is 0 Å². The summed E-state index contributed by atoms with van der Waals surface area (Å²) in [5.41, 5.74) is 3.08. The average Bonchev–Trinajstić information content (AvgIpc) is 2.83. The fraction of sp³-hybridized carbons (Fsp3) is 0.333. The van der Waals surface area contributed by atoms with Gasteiger partial charge in [0.05, 0.1) is 23.2 Å². The van der Waals surface area contributed by atoms with Gasteiger partial charge in [0.15, 0.2) is 5.78 Å². The second-order valence-electron chi connectivity index (χ2n) is 4.78. The SMILES string of the molecule is COc1cc(C)ccc1-c1nc2c(s1)C(=O)CCC2. The quantitative estimate of drug-likeness (QED) is 0.838. The third kappa shape index (κ3) is 2.16. The van der Waals surface area contributed by atoms with Crippen molar-refractivity contribution in [1.29, 1.82) is 0 Å². The van der Waals surface area contributed by atoms with Crippen molar-refractivity contribution >= 4 is 17.1 Å². The molecule has 0 aliphatic heterocycles. The van der Waals surface area contributed by atoms with E-state index in [2.05, 4.69) is 4.98 Å². The largest absolute Gasteiger partial charge is 0.496 e. The Morgan fingerprint density at radius 3 is 2.89 bits per heavy atom. The number of nitrogens with zero attached hydrogens (tertiary/aromatic N) is 1. The zero-order valence-electron chi connectivity index (χ0n) is 11.0. The Labute approximate surface area is 116 Å². The molecule has 0 spiro atoms.